The molecule has 0 radical (unpaired) electrons. The highest BCUT2D eigenvalue weighted by molar-refractivity contribution is 8.15. The third-order valence-corrected chi connectivity index (χ3v) is 6.31. The van der Waals surface area contributed by atoms with E-state index in [4.69, 9.17) is 4.74 Å². The van der Waals surface area contributed by atoms with Gasteiger partial charge in [-0.3, -0.25) is 14.5 Å². The van der Waals surface area contributed by atoms with Gasteiger partial charge < -0.3 is 10.1 Å². The number of amides is 2. The molecule has 3 rings (SSSR count). The van der Waals surface area contributed by atoms with E-state index in [0.717, 1.165) is 17.9 Å². The second-order valence-corrected chi connectivity index (χ2v) is 8.77. The Balaban J connectivity index is 1.59. The molecule has 170 valence electrons. The van der Waals surface area contributed by atoms with Gasteiger partial charge in [-0.2, -0.15) is 0 Å². The van der Waals surface area contributed by atoms with Gasteiger partial charge in [0.15, 0.2) is 5.17 Å². The number of para-hydroxylation sites is 1. The normalized spacial score (nSPS) is 17.4. The number of nitrogens with zero attached hydrogens (tertiary/aromatic N) is 2. The van der Waals surface area contributed by atoms with Crippen molar-refractivity contribution in [2.75, 3.05) is 18.5 Å². The van der Waals surface area contributed by atoms with Crippen LogP contribution < -0.4 is 10.1 Å². The van der Waals surface area contributed by atoms with Gasteiger partial charge in [0.25, 0.3) is 0 Å². The molecule has 2 aromatic carbocycles. The molecule has 1 atom stereocenters. The lowest BCUT2D eigenvalue weighted by Gasteiger charge is -2.30. The van der Waals surface area contributed by atoms with Crippen molar-refractivity contribution in [2.45, 2.75) is 51.2 Å². The number of carbonyl (C=O) groups excluding carboxylic acids is 2. The molecule has 0 aromatic heterocycles. The monoisotopic (exact) mass is 453 g/mol. The van der Waals surface area contributed by atoms with Crippen LogP contribution in [0.25, 0.3) is 0 Å². The van der Waals surface area contributed by atoms with E-state index in [1.165, 1.54) is 31.0 Å². The largest absolute Gasteiger partial charge is 0.494 e. The second kappa shape index (κ2) is 12.3. The van der Waals surface area contributed by atoms with E-state index in [2.05, 4.69) is 17.2 Å². The summed E-state index contributed by atoms with van der Waals surface area (Å²) in [5.74, 6) is 0.499. The molecule has 1 N–H and O–H groups in total. The Hall–Kier alpha value is -2.80. The summed E-state index contributed by atoms with van der Waals surface area (Å²) < 4.78 is 5.76. The van der Waals surface area contributed by atoms with Crippen molar-refractivity contribution in [1.82, 2.24) is 4.90 Å². The zero-order valence-corrected chi connectivity index (χ0v) is 19.6. The average Bonchev–Trinajstić information content (AvgIpc) is 2.80. The fourth-order valence-corrected chi connectivity index (χ4v) is 4.50. The van der Waals surface area contributed by atoms with Gasteiger partial charge in [0.1, 0.15) is 11.0 Å². The summed E-state index contributed by atoms with van der Waals surface area (Å²) in [5, 5.41) is 2.95. The maximum atomic E-state index is 12.9. The van der Waals surface area contributed by atoms with E-state index < -0.39 is 5.25 Å². The predicted octanol–water partition coefficient (Wildman–Crippen LogP) is 5.63. The fraction of sp³-hybridized carbons (Fsp3) is 0.400. The summed E-state index contributed by atoms with van der Waals surface area (Å²) in [7, 11) is 0. The summed E-state index contributed by atoms with van der Waals surface area (Å²) in [6, 6.07) is 16.8. The molecule has 1 aliphatic rings. The number of benzene rings is 2. The van der Waals surface area contributed by atoms with Crippen molar-refractivity contribution in [1.29, 1.82) is 0 Å². The van der Waals surface area contributed by atoms with E-state index in [1.807, 2.05) is 61.5 Å². The van der Waals surface area contributed by atoms with E-state index in [0.29, 0.717) is 24.0 Å². The minimum absolute atomic E-state index is 0.0899. The summed E-state index contributed by atoms with van der Waals surface area (Å²) >= 11 is 1.33. The molecule has 1 aliphatic heterocycles. The van der Waals surface area contributed by atoms with Gasteiger partial charge in [0.05, 0.1) is 12.3 Å². The van der Waals surface area contributed by atoms with Crippen molar-refractivity contribution < 1.29 is 14.3 Å². The quantitative estimate of drug-likeness (QED) is 0.474. The molecule has 1 fully saturated rings. The van der Waals surface area contributed by atoms with Gasteiger partial charge >= 0.3 is 0 Å². The molecule has 2 aromatic rings. The summed E-state index contributed by atoms with van der Waals surface area (Å²) in [6.07, 6.45) is 4.80. The highest BCUT2D eigenvalue weighted by atomic mass is 32.2. The first kappa shape index (κ1) is 23.9. The van der Waals surface area contributed by atoms with Gasteiger partial charge in [0.2, 0.25) is 11.8 Å². The third-order valence-electron chi connectivity index (χ3n) is 5.12. The topological polar surface area (TPSA) is 71.0 Å². The molecule has 0 saturated carbocycles. The van der Waals surface area contributed by atoms with Crippen LogP contribution in [0.3, 0.4) is 0 Å². The van der Waals surface area contributed by atoms with Gasteiger partial charge in [-0.25, -0.2) is 4.99 Å². The summed E-state index contributed by atoms with van der Waals surface area (Å²) in [5.41, 5.74) is 1.44. The number of hydrogen-bond acceptors (Lipinski definition) is 5. The Bertz CT molecular complexity index is 916. The molecule has 32 heavy (non-hydrogen) atoms. The first-order valence-corrected chi connectivity index (χ1v) is 12.1. The number of rotatable bonds is 10. The Morgan fingerprint density at radius 1 is 1.09 bits per heavy atom. The molecular formula is C25H31N3O3S. The van der Waals surface area contributed by atoms with Crippen LogP contribution in [0.2, 0.25) is 0 Å². The van der Waals surface area contributed by atoms with Gasteiger partial charge in [-0.15, -0.1) is 0 Å². The molecule has 7 heteroatoms. The van der Waals surface area contributed by atoms with Crippen molar-refractivity contribution in [2.24, 2.45) is 4.99 Å². The number of thioether (sulfide) groups is 1. The molecule has 1 heterocycles. The van der Waals surface area contributed by atoms with Gasteiger partial charge in [-0.05, 0) is 49.7 Å². The van der Waals surface area contributed by atoms with E-state index in [-0.39, 0.29) is 18.2 Å². The van der Waals surface area contributed by atoms with Crippen LogP contribution in [0, 0.1) is 0 Å². The molecule has 1 unspecified atom stereocenters. The summed E-state index contributed by atoms with van der Waals surface area (Å²) in [4.78, 5) is 31.8. The maximum Gasteiger partial charge on any atom is 0.238 e. The Labute approximate surface area is 194 Å². The van der Waals surface area contributed by atoms with Crippen LogP contribution in [0.1, 0.15) is 46.0 Å². The number of hydrogen-bond donors (Lipinski definition) is 1. The molecular weight excluding hydrogens is 422 g/mol. The molecule has 0 spiro atoms. The van der Waals surface area contributed by atoms with Crippen molar-refractivity contribution >= 4 is 40.1 Å². The highest BCUT2D eigenvalue weighted by Crippen LogP contribution is 2.30. The van der Waals surface area contributed by atoms with E-state index in [1.54, 1.807) is 4.90 Å². The SMILES string of the molecule is CCCCCCOc1ccc(NC(=O)C2CC(=O)N(CC)C(=Nc3ccccc3)S2)cc1. The predicted molar refractivity (Wildman–Crippen MR) is 132 cm³/mol. The number of aliphatic imine (C=N–C) groups is 1. The van der Waals surface area contributed by atoms with Crippen molar-refractivity contribution in [3.8, 4) is 5.75 Å². The molecule has 2 amide bonds. The molecule has 0 bridgehead atoms. The highest BCUT2D eigenvalue weighted by Gasteiger charge is 2.35. The smallest absolute Gasteiger partial charge is 0.238 e. The number of nitrogens with one attached hydrogen (secondary N) is 1. The number of carbonyl (C=O) groups is 2. The Morgan fingerprint density at radius 3 is 2.53 bits per heavy atom. The number of ether oxygens (including phenoxy) is 1. The minimum atomic E-state index is -0.526. The van der Waals surface area contributed by atoms with Crippen LogP contribution >= 0.6 is 11.8 Å². The van der Waals surface area contributed by atoms with Gasteiger partial charge in [-0.1, -0.05) is 56.1 Å². The number of unbranched alkanes of at least 4 members (excludes halogenated alkanes) is 3. The standard InChI is InChI=1S/C25H31N3O3S/c1-3-5-6-10-17-31-21-15-13-20(14-16-21)26-24(30)22-18-23(29)28(4-2)25(32-22)27-19-11-8-7-9-12-19/h7-9,11-16,22H,3-6,10,17-18H2,1-2H3,(H,26,30). The van der Waals surface area contributed by atoms with Crippen LogP contribution in [-0.4, -0.2) is 40.3 Å². The lowest BCUT2D eigenvalue weighted by Crippen LogP contribution is -2.45. The minimum Gasteiger partial charge on any atom is -0.494 e. The Morgan fingerprint density at radius 2 is 1.84 bits per heavy atom. The van der Waals surface area contributed by atoms with Crippen LogP contribution in [0.4, 0.5) is 11.4 Å². The zero-order chi connectivity index (χ0) is 22.8. The summed E-state index contributed by atoms with van der Waals surface area (Å²) in [6.45, 7) is 5.31. The van der Waals surface area contributed by atoms with Crippen LogP contribution in [0.5, 0.6) is 5.75 Å². The third kappa shape index (κ3) is 6.85. The van der Waals surface area contributed by atoms with Crippen LogP contribution in [-0.2, 0) is 9.59 Å². The number of anilines is 1. The average molecular weight is 454 g/mol. The lowest BCUT2D eigenvalue weighted by molar-refractivity contribution is -0.129. The lowest BCUT2D eigenvalue weighted by atomic mass is 10.2. The zero-order valence-electron chi connectivity index (χ0n) is 18.8. The van der Waals surface area contributed by atoms with E-state index in [9.17, 15) is 9.59 Å². The molecule has 0 aliphatic carbocycles. The van der Waals surface area contributed by atoms with Crippen molar-refractivity contribution in [3.05, 3.63) is 54.6 Å². The number of amidine groups is 1. The maximum absolute atomic E-state index is 12.9. The molecule has 6 nitrogen and oxygen atoms in total. The van der Waals surface area contributed by atoms with Crippen molar-refractivity contribution in [3.63, 3.8) is 0 Å². The second-order valence-electron chi connectivity index (χ2n) is 7.60. The van der Waals surface area contributed by atoms with Gasteiger partial charge in [0, 0.05) is 18.7 Å². The Kier molecular flexibility index (Phi) is 9.16. The first-order chi connectivity index (χ1) is 15.6. The first-order valence-electron chi connectivity index (χ1n) is 11.2. The van der Waals surface area contributed by atoms with Crippen LogP contribution in [0.15, 0.2) is 59.6 Å². The fourth-order valence-electron chi connectivity index (χ4n) is 3.34. The molecule has 1 saturated heterocycles. The van der Waals surface area contributed by atoms with E-state index >= 15 is 0 Å².